The summed E-state index contributed by atoms with van der Waals surface area (Å²) in [7, 11) is 0. The maximum Gasteiger partial charge on any atom is 0.256 e. The van der Waals surface area contributed by atoms with E-state index in [1.54, 1.807) is 12.1 Å². The van der Waals surface area contributed by atoms with Gasteiger partial charge < -0.3 is 16.0 Å². The van der Waals surface area contributed by atoms with E-state index < -0.39 is 17.6 Å². The van der Waals surface area contributed by atoms with Crippen LogP contribution in [0.5, 0.6) is 0 Å². The molecule has 3 rings (SSSR count). The van der Waals surface area contributed by atoms with Crippen LogP contribution in [0, 0.1) is 5.82 Å². The highest BCUT2D eigenvalue weighted by molar-refractivity contribution is 6.33. The first-order valence-electron chi connectivity index (χ1n) is 8.47. The van der Waals surface area contributed by atoms with E-state index in [4.69, 9.17) is 11.6 Å². The zero-order valence-corrected chi connectivity index (χ0v) is 15.5. The zero-order valence-electron chi connectivity index (χ0n) is 14.7. The van der Waals surface area contributed by atoms with Crippen LogP contribution < -0.4 is 16.0 Å². The normalized spacial score (nSPS) is 10.2. The molecule has 3 aromatic rings. The highest BCUT2D eigenvalue weighted by atomic mass is 35.5. The number of carbonyl (C=O) groups is 2. The fourth-order valence-electron chi connectivity index (χ4n) is 2.49. The van der Waals surface area contributed by atoms with Gasteiger partial charge in [-0.05, 0) is 48.5 Å². The minimum Gasteiger partial charge on any atom is -0.356 e. The van der Waals surface area contributed by atoms with E-state index in [1.807, 2.05) is 42.5 Å². The minimum absolute atomic E-state index is 0.0144. The number of hydrogen-bond acceptors (Lipinski definition) is 3. The molecule has 0 bridgehead atoms. The van der Waals surface area contributed by atoms with Crippen molar-refractivity contribution >= 4 is 40.5 Å². The van der Waals surface area contributed by atoms with Crippen molar-refractivity contribution in [3.8, 4) is 0 Å². The van der Waals surface area contributed by atoms with E-state index in [0.29, 0.717) is 5.69 Å². The number of anilines is 3. The number of para-hydroxylation sites is 1. The molecule has 3 N–H and O–H groups in total. The molecule has 5 nitrogen and oxygen atoms in total. The third-order valence-corrected chi connectivity index (χ3v) is 4.15. The van der Waals surface area contributed by atoms with Crippen LogP contribution in [0.25, 0.3) is 0 Å². The maximum atomic E-state index is 13.7. The van der Waals surface area contributed by atoms with Gasteiger partial charge in [-0.3, -0.25) is 9.59 Å². The van der Waals surface area contributed by atoms with Crippen molar-refractivity contribution < 1.29 is 14.0 Å². The van der Waals surface area contributed by atoms with Crippen molar-refractivity contribution in [3.63, 3.8) is 0 Å². The lowest BCUT2D eigenvalue weighted by molar-refractivity contribution is -0.115. The molecule has 0 fully saturated rings. The van der Waals surface area contributed by atoms with Gasteiger partial charge in [0.15, 0.2) is 0 Å². The summed E-state index contributed by atoms with van der Waals surface area (Å²) in [5.74, 6) is -1.93. The third kappa shape index (κ3) is 5.08. The van der Waals surface area contributed by atoms with Gasteiger partial charge in [-0.25, -0.2) is 4.39 Å². The average molecular weight is 398 g/mol. The van der Waals surface area contributed by atoms with Gasteiger partial charge in [-0.2, -0.15) is 0 Å². The Labute approximate surface area is 166 Å². The molecule has 0 aromatic heterocycles. The quantitative estimate of drug-likeness (QED) is 0.569. The van der Waals surface area contributed by atoms with Crippen LogP contribution >= 0.6 is 11.6 Å². The van der Waals surface area contributed by atoms with Crippen molar-refractivity contribution in [1.29, 1.82) is 0 Å². The lowest BCUT2D eigenvalue weighted by atomic mass is 10.2. The van der Waals surface area contributed by atoms with Gasteiger partial charge >= 0.3 is 0 Å². The van der Waals surface area contributed by atoms with Gasteiger partial charge in [0.25, 0.3) is 5.91 Å². The van der Waals surface area contributed by atoms with Gasteiger partial charge in [-0.15, -0.1) is 0 Å². The summed E-state index contributed by atoms with van der Waals surface area (Å²) in [6.07, 6.45) is 0. The second-order valence-electron chi connectivity index (χ2n) is 5.90. The van der Waals surface area contributed by atoms with Gasteiger partial charge in [0, 0.05) is 17.1 Å². The summed E-state index contributed by atoms with van der Waals surface area (Å²) < 4.78 is 13.7. The van der Waals surface area contributed by atoms with E-state index >= 15 is 0 Å². The Balaban J connectivity index is 1.53. The summed E-state index contributed by atoms with van der Waals surface area (Å²) in [6.45, 7) is -0.312. The standard InChI is InChI=1S/C21H17ClFN3O2/c22-17-7-4-8-18(23)20(17)21(28)24-13-19(27)26-16-11-9-15(10-12-16)25-14-5-2-1-3-6-14/h1-12,25H,13H2,(H,24,28)(H,26,27). The maximum absolute atomic E-state index is 13.7. The molecule has 0 radical (unpaired) electrons. The van der Waals surface area contributed by atoms with Crippen LogP contribution in [0.15, 0.2) is 72.8 Å². The summed E-state index contributed by atoms with van der Waals surface area (Å²) in [6, 6.07) is 20.7. The molecule has 0 aliphatic heterocycles. The Hall–Kier alpha value is -3.38. The third-order valence-electron chi connectivity index (χ3n) is 3.83. The smallest absolute Gasteiger partial charge is 0.256 e. The summed E-state index contributed by atoms with van der Waals surface area (Å²) >= 11 is 5.83. The molecular weight excluding hydrogens is 381 g/mol. The predicted molar refractivity (Wildman–Crippen MR) is 109 cm³/mol. The summed E-state index contributed by atoms with van der Waals surface area (Å²) in [5, 5.41) is 8.24. The fourth-order valence-corrected chi connectivity index (χ4v) is 2.74. The number of carbonyl (C=O) groups excluding carboxylic acids is 2. The largest absolute Gasteiger partial charge is 0.356 e. The lowest BCUT2D eigenvalue weighted by Crippen LogP contribution is -2.33. The van der Waals surface area contributed by atoms with E-state index in [0.717, 1.165) is 17.4 Å². The van der Waals surface area contributed by atoms with E-state index in [-0.39, 0.29) is 17.1 Å². The molecule has 0 saturated heterocycles. The summed E-state index contributed by atoms with van der Waals surface area (Å²) in [5.41, 5.74) is 2.11. The Bertz CT molecular complexity index is 958. The number of amides is 2. The van der Waals surface area contributed by atoms with Gasteiger partial charge in [0.1, 0.15) is 5.82 Å². The lowest BCUT2D eigenvalue weighted by Gasteiger charge is -2.10. The van der Waals surface area contributed by atoms with Gasteiger partial charge in [0.05, 0.1) is 17.1 Å². The van der Waals surface area contributed by atoms with Crippen molar-refractivity contribution in [2.24, 2.45) is 0 Å². The Morgan fingerprint density at radius 2 is 1.46 bits per heavy atom. The first kappa shape index (κ1) is 19.4. The molecule has 0 aliphatic carbocycles. The molecule has 7 heteroatoms. The number of benzene rings is 3. The topological polar surface area (TPSA) is 70.2 Å². The van der Waals surface area contributed by atoms with Crippen molar-refractivity contribution in [1.82, 2.24) is 5.32 Å². The van der Waals surface area contributed by atoms with Crippen LogP contribution in [0.2, 0.25) is 5.02 Å². The molecule has 142 valence electrons. The van der Waals surface area contributed by atoms with Crippen molar-refractivity contribution in [2.75, 3.05) is 17.2 Å². The SMILES string of the molecule is O=C(CNC(=O)c1c(F)cccc1Cl)Nc1ccc(Nc2ccccc2)cc1. The fraction of sp³-hybridized carbons (Fsp3) is 0.0476. The number of nitrogens with one attached hydrogen (secondary N) is 3. The molecule has 2 amide bonds. The Kier molecular flexibility index (Phi) is 6.24. The van der Waals surface area contributed by atoms with E-state index in [1.165, 1.54) is 12.1 Å². The average Bonchev–Trinajstić information content (AvgIpc) is 2.69. The van der Waals surface area contributed by atoms with E-state index in [9.17, 15) is 14.0 Å². The van der Waals surface area contributed by atoms with Crippen LogP contribution in [0.3, 0.4) is 0 Å². The minimum atomic E-state index is -0.749. The molecule has 28 heavy (non-hydrogen) atoms. The van der Waals surface area contributed by atoms with Crippen molar-refractivity contribution in [3.05, 3.63) is 89.2 Å². The number of hydrogen-bond donors (Lipinski definition) is 3. The Morgan fingerprint density at radius 1 is 0.821 bits per heavy atom. The molecule has 0 spiro atoms. The van der Waals surface area contributed by atoms with Crippen molar-refractivity contribution in [2.45, 2.75) is 0 Å². The molecule has 0 aliphatic rings. The second kappa shape index (κ2) is 9.01. The van der Waals surface area contributed by atoms with Crippen LogP contribution in [-0.4, -0.2) is 18.4 Å². The molecular formula is C21H17ClFN3O2. The number of halogens is 2. The number of rotatable bonds is 6. The molecule has 0 unspecified atom stereocenters. The van der Waals surface area contributed by atoms with E-state index in [2.05, 4.69) is 16.0 Å². The second-order valence-corrected chi connectivity index (χ2v) is 6.30. The predicted octanol–water partition coefficient (Wildman–Crippen LogP) is 4.59. The van der Waals surface area contributed by atoms with Crippen LogP contribution in [0.4, 0.5) is 21.5 Å². The van der Waals surface area contributed by atoms with Gasteiger partial charge in [0.2, 0.25) is 5.91 Å². The van der Waals surface area contributed by atoms with Crippen LogP contribution in [0.1, 0.15) is 10.4 Å². The molecule has 3 aromatic carbocycles. The summed E-state index contributed by atoms with van der Waals surface area (Å²) in [4.78, 5) is 24.1. The first-order chi connectivity index (χ1) is 13.5. The van der Waals surface area contributed by atoms with Crippen LogP contribution in [-0.2, 0) is 4.79 Å². The zero-order chi connectivity index (χ0) is 19.9. The highest BCUT2D eigenvalue weighted by Crippen LogP contribution is 2.19. The molecule has 0 atom stereocenters. The molecule has 0 saturated carbocycles. The first-order valence-corrected chi connectivity index (χ1v) is 8.85. The Morgan fingerprint density at radius 3 is 2.14 bits per heavy atom. The van der Waals surface area contributed by atoms with Gasteiger partial charge in [-0.1, -0.05) is 35.9 Å². The molecule has 0 heterocycles. The monoisotopic (exact) mass is 397 g/mol. The highest BCUT2D eigenvalue weighted by Gasteiger charge is 2.16.